The zero-order valence-electron chi connectivity index (χ0n) is 13.7. The average Bonchev–Trinajstić information content (AvgIpc) is 2.64. The van der Waals surface area contributed by atoms with E-state index in [1.54, 1.807) is 0 Å². The summed E-state index contributed by atoms with van der Waals surface area (Å²) in [5.41, 5.74) is 2.23. The van der Waals surface area contributed by atoms with E-state index < -0.39 is 5.92 Å². The maximum absolute atomic E-state index is 12.1. The Morgan fingerprint density at radius 3 is 2.25 bits per heavy atom. The van der Waals surface area contributed by atoms with E-state index in [2.05, 4.69) is 17.3 Å². The van der Waals surface area contributed by atoms with Crippen LogP contribution in [0.4, 0.5) is 0 Å². The van der Waals surface area contributed by atoms with Gasteiger partial charge in [0.05, 0.1) is 12.1 Å². The van der Waals surface area contributed by atoms with Crippen molar-refractivity contribution in [3.63, 3.8) is 0 Å². The molecule has 126 valence electrons. The molecule has 1 N–H and O–H groups in total. The Kier molecular flexibility index (Phi) is 7.54. The molecule has 0 aliphatic heterocycles. The summed E-state index contributed by atoms with van der Waals surface area (Å²) >= 11 is 0. The molecule has 1 atom stereocenters. The molecule has 0 heterocycles. The second-order valence-electron chi connectivity index (χ2n) is 5.70. The lowest BCUT2D eigenvalue weighted by Crippen LogP contribution is -2.19. The molecule has 2 aromatic carbocycles. The van der Waals surface area contributed by atoms with Gasteiger partial charge in [-0.2, -0.15) is 0 Å². The Balaban J connectivity index is 1.75. The molecule has 0 bridgehead atoms. The fraction of sp³-hybridized carbons (Fsp3) is 0.300. The van der Waals surface area contributed by atoms with E-state index in [1.807, 2.05) is 48.5 Å². The largest absolute Gasteiger partial charge is 0.460 e. The van der Waals surface area contributed by atoms with Crippen LogP contribution < -0.4 is 0 Å². The Bertz CT molecular complexity index is 626. The van der Waals surface area contributed by atoms with Crippen LogP contribution in [0.5, 0.6) is 0 Å². The smallest absolute Gasteiger partial charge is 0.314 e. The molecule has 24 heavy (non-hydrogen) atoms. The van der Waals surface area contributed by atoms with E-state index in [1.165, 1.54) is 11.8 Å². The summed E-state index contributed by atoms with van der Waals surface area (Å²) in [5, 5.41) is 11.8. The molecule has 4 heteroatoms. The molecule has 0 spiro atoms. The standard InChI is InChI=1S/C20H23NO3/c22-20(24-16-18-12-5-2-6-13-18)19(15-21-23)14-8-7-11-17-9-3-1-4-10-17/h1-6,9-10,12-13,15,19,23H,7-8,11,14,16H2/b21-15-. The van der Waals surface area contributed by atoms with Gasteiger partial charge in [0.25, 0.3) is 0 Å². The third kappa shape index (κ3) is 6.24. The SMILES string of the molecule is O=C(OCc1ccccc1)C(/C=N\O)CCCCc1ccccc1. The number of hydrogen-bond acceptors (Lipinski definition) is 4. The highest BCUT2D eigenvalue weighted by molar-refractivity contribution is 5.89. The molecule has 0 amide bonds. The first-order valence-electron chi connectivity index (χ1n) is 8.21. The van der Waals surface area contributed by atoms with Crippen LogP contribution in [0.1, 0.15) is 30.4 Å². The second-order valence-corrected chi connectivity index (χ2v) is 5.70. The van der Waals surface area contributed by atoms with Gasteiger partial charge in [-0.05, 0) is 30.4 Å². The third-order valence-electron chi connectivity index (χ3n) is 3.85. The van der Waals surface area contributed by atoms with Crippen LogP contribution in [0.25, 0.3) is 0 Å². The summed E-state index contributed by atoms with van der Waals surface area (Å²) in [7, 11) is 0. The Morgan fingerprint density at radius 1 is 1.00 bits per heavy atom. The van der Waals surface area contributed by atoms with Crippen molar-refractivity contribution >= 4 is 12.2 Å². The van der Waals surface area contributed by atoms with Gasteiger partial charge in [0.2, 0.25) is 0 Å². The topological polar surface area (TPSA) is 58.9 Å². The molecule has 2 aromatic rings. The van der Waals surface area contributed by atoms with Gasteiger partial charge in [-0.15, -0.1) is 5.16 Å². The van der Waals surface area contributed by atoms with Crippen LogP contribution in [0.2, 0.25) is 0 Å². The highest BCUT2D eigenvalue weighted by atomic mass is 16.5. The molecule has 2 rings (SSSR count). The summed E-state index contributed by atoms with van der Waals surface area (Å²) in [6.45, 7) is 0.236. The minimum atomic E-state index is -0.505. The number of esters is 1. The fourth-order valence-corrected chi connectivity index (χ4v) is 2.51. The first-order valence-corrected chi connectivity index (χ1v) is 8.21. The third-order valence-corrected chi connectivity index (χ3v) is 3.85. The van der Waals surface area contributed by atoms with Gasteiger partial charge in [-0.1, -0.05) is 67.1 Å². The Hall–Kier alpha value is -2.62. The normalized spacial score (nSPS) is 12.2. The number of oxime groups is 1. The zero-order chi connectivity index (χ0) is 17.0. The zero-order valence-corrected chi connectivity index (χ0v) is 13.7. The van der Waals surface area contributed by atoms with Crippen molar-refractivity contribution < 1.29 is 14.7 Å². The lowest BCUT2D eigenvalue weighted by Gasteiger charge is -2.11. The van der Waals surface area contributed by atoms with Crippen molar-refractivity contribution in [3.8, 4) is 0 Å². The van der Waals surface area contributed by atoms with Gasteiger partial charge in [-0.25, -0.2) is 0 Å². The van der Waals surface area contributed by atoms with Gasteiger partial charge in [0.15, 0.2) is 0 Å². The van der Waals surface area contributed by atoms with Crippen molar-refractivity contribution in [2.45, 2.75) is 32.3 Å². The molecule has 4 nitrogen and oxygen atoms in total. The molecule has 1 unspecified atom stereocenters. The predicted molar refractivity (Wildman–Crippen MR) is 94.0 cm³/mol. The van der Waals surface area contributed by atoms with Crippen LogP contribution in [0.15, 0.2) is 65.8 Å². The maximum Gasteiger partial charge on any atom is 0.314 e. The van der Waals surface area contributed by atoms with Gasteiger partial charge < -0.3 is 9.94 Å². The van der Waals surface area contributed by atoms with Crippen LogP contribution in [-0.2, 0) is 22.6 Å². The Morgan fingerprint density at radius 2 is 1.62 bits per heavy atom. The number of rotatable bonds is 9. The number of unbranched alkanes of at least 4 members (excludes halogenated alkanes) is 1. The quantitative estimate of drug-likeness (QED) is 0.247. The van der Waals surface area contributed by atoms with Gasteiger partial charge >= 0.3 is 5.97 Å². The van der Waals surface area contributed by atoms with E-state index in [9.17, 15) is 4.79 Å². The lowest BCUT2D eigenvalue weighted by atomic mass is 10.0. The Labute approximate surface area is 142 Å². The molecule has 0 saturated heterocycles. The minimum absolute atomic E-state index is 0.236. The molecule has 0 radical (unpaired) electrons. The summed E-state index contributed by atoms with van der Waals surface area (Å²) in [6, 6.07) is 19.8. The molecule has 0 aliphatic carbocycles. The van der Waals surface area contributed by atoms with E-state index in [0.29, 0.717) is 6.42 Å². The lowest BCUT2D eigenvalue weighted by molar-refractivity contribution is -0.147. The summed E-state index contributed by atoms with van der Waals surface area (Å²) in [5.74, 6) is -0.856. The summed E-state index contributed by atoms with van der Waals surface area (Å²) < 4.78 is 5.32. The van der Waals surface area contributed by atoms with Crippen molar-refractivity contribution in [3.05, 3.63) is 71.8 Å². The van der Waals surface area contributed by atoms with Gasteiger partial charge in [0.1, 0.15) is 6.61 Å². The number of benzene rings is 2. The molecule has 0 fully saturated rings. The first kappa shape index (κ1) is 17.7. The van der Waals surface area contributed by atoms with Crippen LogP contribution in [0.3, 0.4) is 0 Å². The predicted octanol–water partition coefficient (Wildman–Crippen LogP) is 4.22. The maximum atomic E-state index is 12.1. The highest BCUT2D eigenvalue weighted by Crippen LogP contribution is 2.13. The van der Waals surface area contributed by atoms with Crippen molar-refractivity contribution in [1.29, 1.82) is 0 Å². The van der Waals surface area contributed by atoms with E-state index in [0.717, 1.165) is 24.8 Å². The number of carbonyl (C=O) groups excluding carboxylic acids is 1. The number of hydrogen-bond donors (Lipinski definition) is 1. The van der Waals surface area contributed by atoms with E-state index in [-0.39, 0.29) is 12.6 Å². The summed E-state index contributed by atoms with van der Waals surface area (Å²) in [4.78, 5) is 12.1. The van der Waals surface area contributed by atoms with Crippen LogP contribution >= 0.6 is 0 Å². The van der Waals surface area contributed by atoms with Gasteiger partial charge in [-0.3, -0.25) is 4.79 Å². The van der Waals surface area contributed by atoms with Crippen molar-refractivity contribution in [2.24, 2.45) is 11.1 Å². The van der Waals surface area contributed by atoms with Gasteiger partial charge in [0, 0.05) is 0 Å². The van der Waals surface area contributed by atoms with Crippen LogP contribution in [0, 0.1) is 5.92 Å². The molecule has 0 saturated carbocycles. The monoisotopic (exact) mass is 325 g/mol. The minimum Gasteiger partial charge on any atom is -0.460 e. The van der Waals surface area contributed by atoms with Crippen molar-refractivity contribution in [2.75, 3.05) is 0 Å². The average molecular weight is 325 g/mol. The second kappa shape index (κ2) is 10.2. The molecule has 0 aliphatic rings. The molecular formula is C20H23NO3. The molecule has 0 aromatic heterocycles. The van der Waals surface area contributed by atoms with Crippen molar-refractivity contribution in [1.82, 2.24) is 0 Å². The van der Waals surface area contributed by atoms with E-state index in [4.69, 9.17) is 9.94 Å². The molecular weight excluding hydrogens is 302 g/mol. The fourth-order valence-electron chi connectivity index (χ4n) is 2.51. The number of nitrogens with zero attached hydrogens (tertiary/aromatic N) is 1. The number of ether oxygens (including phenoxy) is 1. The summed E-state index contributed by atoms with van der Waals surface area (Å²) in [6.07, 6.45) is 4.70. The number of aryl methyl sites for hydroxylation is 1. The highest BCUT2D eigenvalue weighted by Gasteiger charge is 2.18. The number of carbonyl (C=O) groups is 1. The van der Waals surface area contributed by atoms with E-state index >= 15 is 0 Å². The van der Waals surface area contributed by atoms with Crippen LogP contribution in [-0.4, -0.2) is 17.4 Å². The first-order chi connectivity index (χ1) is 11.8.